The lowest BCUT2D eigenvalue weighted by Crippen LogP contribution is -2.58. The van der Waals surface area contributed by atoms with Gasteiger partial charge in [-0.05, 0) is 38.6 Å². The van der Waals surface area contributed by atoms with E-state index < -0.39 is 10.0 Å². The highest BCUT2D eigenvalue weighted by atomic mass is 35.5. The zero-order chi connectivity index (χ0) is 15.8. The molecule has 0 aliphatic carbocycles. The quantitative estimate of drug-likeness (QED) is 0.911. The van der Waals surface area contributed by atoms with E-state index in [1.165, 1.54) is 4.31 Å². The summed E-state index contributed by atoms with van der Waals surface area (Å²) in [6.45, 7) is 5.95. The Balaban J connectivity index is 2.39. The van der Waals surface area contributed by atoms with Crippen molar-refractivity contribution < 1.29 is 8.42 Å². The van der Waals surface area contributed by atoms with Gasteiger partial charge in [-0.3, -0.25) is 4.90 Å². The number of hydrogen-bond donors (Lipinski definition) is 1. The van der Waals surface area contributed by atoms with E-state index in [-0.39, 0.29) is 22.0 Å². The summed E-state index contributed by atoms with van der Waals surface area (Å²) in [5, 5.41) is 0.240. The van der Waals surface area contributed by atoms with Crippen molar-refractivity contribution in [2.45, 2.75) is 30.8 Å². The number of nitrogens with two attached hydrogens (primary N) is 1. The monoisotopic (exact) mass is 331 g/mol. The van der Waals surface area contributed by atoms with Gasteiger partial charge in [0, 0.05) is 31.7 Å². The van der Waals surface area contributed by atoms with Crippen LogP contribution in [0.2, 0.25) is 5.02 Å². The summed E-state index contributed by atoms with van der Waals surface area (Å²) >= 11 is 6.10. The highest BCUT2D eigenvalue weighted by molar-refractivity contribution is 7.89. The fourth-order valence-electron chi connectivity index (χ4n) is 2.41. The largest absolute Gasteiger partial charge is 0.326 e. The van der Waals surface area contributed by atoms with Gasteiger partial charge in [0.2, 0.25) is 10.0 Å². The van der Waals surface area contributed by atoms with Gasteiger partial charge in [-0.1, -0.05) is 17.7 Å². The number of nitrogens with zero attached hydrogens (tertiary/aromatic N) is 2. The predicted octanol–water partition coefficient (Wildman–Crippen LogP) is 1.51. The van der Waals surface area contributed by atoms with Crippen molar-refractivity contribution in [1.29, 1.82) is 0 Å². The summed E-state index contributed by atoms with van der Waals surface area (Å²) in [5.41, 5.74) is 6.14. The molecule has 0 unspecified atom stereocenters. The maximum absolute atomic E-state index is 12.9. The average molecular weight is 332 g/mol. The van der Waals surface area contributed by atoms with Crippen LogP contribution in [0.25, 0.3) is 0 Å². The molecule has 1 aromatic rings. The molecule has 2 rings (SSSR count). The Bertz CT molecular complexity index is 631. The van der Waals surface area contributed by atoms with Crippen LogP contribution in [0.4, 0.5) is 0 Å². The summed E-state index contributed by atoms with van der Waals surface area (Å²) in [6, 6.07) is 4.91. The Kier molecular flexibility index (Phi) is 4.66. The second-order valence-corrected chi connectivity index (χ2v) is 8.36. The molecule has 0 spiro atoms. The number of halogens is 1. The van der Waals surface area contributed by atoms with Gasteiger partial charge in [0.05, 0.1) is 5.02 Å². The van der Waals surface area contributed by atoms with Crippen LogP contribution in [0.3, 0.4) is 0 Å². The van der Waals surface area contributed by atoms with Crippen molar-refractivity contribution in [3.05, 3.63) is 28.8 Å². The van der Waals surface area contributed by atoms with Gasteiger partial charge in [-0.15, -0.1) is 0 Å². The van der Waals surface area contributed by atoms with Crippen LogP contribution in [0.1, 0.15) is 19.4 Å². The number of likely N-dealkylation sites (N-methyl/N-ethyl adjacent to an activating group) is 1. The van der Waals surface area contributed by atoms with E-state index in [0.717, 1.165) is 5.56 Å². The molecule has 1 heterocycles. The second-order valence-electron chi connectivity index (χ2n) is 6.04. The minimum atomic E-state index is -3.60. The molecular weight excluding hydrogens is 310 g/mol. The summed E-state index contributed by atoms with van der Waals surface area (Å²) < 4.78 is 27.2. The lowest BCUT2D eigenvalue weighted by atomic mass is 10.0. The zero-order valence-corrected chi connectivity index (χ0v) is 14.2. The van der Waals surface area contributed by atoms with Crippen LogP contribution in [0, 0.1) is 0 Å². The normalized spacial score (nSPS) is 20.6. The average Bonchev–Trinajstić information content (AvgIpc) is 2.42. The van der Waals surface area contributed by atoms with Crippen molar-refractivity contribution in [3.8, 4) is 0 Å². The zero-order valence-electron chi connectivity index (χ0n) is 12.6. The molecule has 0 radical (unpaired) electrons. The van der Waals surface area contributed by atoms with Crippen LogP contribution in [0.5, 0.6) is 0 Å². The molecule has 1 aliphatic rings. The van der Waals surface area contributed by atoms with E-state index in [1.807, 2.05) is 20.9 Å². The summed E-state index contributed by atoms with van der Waals surface area (Å²) in [6.07, 6.45) is 0. The standard InChI is InChI=1S/C14H22ClN3O2S/c1-14(2)10-18(7-6-17(14)3)21(19,20)13-8-11(9-16)4-5-12(13)15/h4-5,8H,6-7,9-10,16H2,1-3H3. The summed E-state index contributed by atoms with van der Waals surface area (Å²) in [7, 11) is -1.59. The van der Waals surface area contributed by atoms with Crippen LogP contribution >= 0.6 is 11.6 Å². The molecule has 118 valence electrons. The Morgan fingerprint density at radius 2 is 2.00 bits per heavy atom. The van der Waals surface area contributed by atoms with Gasteiger partial charge in [0.25, 0.3) is 0 Å². The third-order valence-corrected chi connectivity index (χ3v) is 6.46. The lowest BCUT2D eigenvalue weighted by Gasteiger charge is -2.44. The van der Waals surface area contributed by atoms with Gasteiger partial charge < -0.3 is 5.73 Å². The van der Waals surface area contributed by atoms with Crippen LogP contribution in [-0.4, -0.2) is 49.8 Å². The van der Waals surface area contributed by atoms with E-state index in [1.54, 1.807) is 18.2 Å². The Morgan fingerprint density at radius 1 is 1.33 bits per heavy atom. The fraction of sp³-hybridized carbons (Fsp3) is 0.571. The maximum Gasteiger partial charge on any atom is 0.244 e. The van der Waals surface area contributed by atoms with E-state index >= 15 is 0 Å². The molecule has 1 aliphatic heterocycles. The molecule has 0 aromatic heterocycles. The maximum atomic E-state index is 12.9. The number of sulfonamides is 1. The first-order valence-corrected chi connectivity index (χ1v) is 8.70. The number of rotatable bonds is 3. The first-order valence-electron chi connectivity index (χ1n) is 6.88. The first kappa shape index (κ1) is 16.7. The summed E-state index contributed by atoms with van der Waals surface area (Å²) in [4.78, 5) is 2.31. The van der Waals surface area contributed by atoms with Crippen molar-refractivity contribution in [1.82, 2.24) is 9.21 Å². The van der Waals surface area contributed by atoms with E-state index in [9.17, 15) is 8.42 Å². The SMILES string of the molecule is CN1CCN(S(=O)(=O)c2cc(CN)ccc2Cl)CC1(C)C. The highest BCUT2D eigenvalue weighted by Crippen LogP contribution is 2.29. The molecule has 1 fully saturated rings. The lowest BCUT2D eigenvalue weighted by molar-refractivity contribution is 0.0801. The van der Waals surface area contributed by atoms with Crippen LogP contribution in [0.15, 0.2) is 23.1 Å². The minimum absolute atomic E-state index is 0.146. The van der Waals surface area contributed by atoms with E-state index in [2.05, 4.69) is 4.90 Å². The molecule has 7 heteroatoms. The fourth-order valence-corrected chi connectivity index (χ4v) is 4.52. The van der Waals surface area contributed by atoms with Gasteiger partial charge in [0.15, 0.2) is 0 Å². The Hall–Kier alpha value is -0.660. The van der Waals surface area contributed by atoms with Crippen LogP contribution < -0.4 is 5.73 Å². The van der Waals surface area contributed by atoms with Gasteiger partial charge in [-0.2, -0.15) is 4.31 Å². The van der Waals surface area contributed by atoms with Crippen molar-refractivity contribution >= 4 is 21.6 Å². The molecule has 2 N–H and O–H groups in total. The molecule has 0 atom stereocenters. The van der Waals surface area contributed by atoms with Gasteiger partial charge >= 0.3 is 0 Å². The van der Waals surface area contributed by atoms with Gasteiger partial charge in [-0.25, -0.2) is 8.42 Å². The number of benzene rings is 1. The molecule has 0 bridgehead atoms. The molecule has 1 aromatic carbocycles. The topological polar surface area (TPSA) is 66.6 Å². The number of hydrogen-bond acceptors (Lipinski definition) is 4. The van der Waals surface area contributed by atoms with E-state index in [4.69, 9.17) is 17.3 Å². The van der Waals surface area contributed by atoms with Crippen molar-refractivity contribution in [3.63, 3.8) is 0 Å². The first-order chi connectivity index (χ1) is 9.68. The molecule has 1 saturated heterocycles. The van der Waals surface area contributed by atoms with Gasteiger partial charge in [0.1, 0.15) is 4.90 Å². The highest BCUT2D eigenvalue weighted by Gasteiger charge is 2.37. The minimum Gasteiger partial charge on any atom is -0.326 e. The van der Waals surface area contributed by atoms with Crippen molar-refractivity contribution in [2.24, 2.45) is 5.73 Å². The molecular formula is C14H22ClN3O2S. The molecule has 0 amide bonds. The smallest absolute Gasteiger partial charge is 0.244 e. The van der Waals surface area contributed by atoms with Crippen molar-refractivity contribution in [2.75, 3.05) is 26.7 Å². The van der Waals surface area contributed by atoms with E-state index in [0.29, 0.717) is 19.6 Å². The third kappa shape index (κ3) is 3.24. The molecule has 21 heavy (non-hydrogen) atoms. The van der Waals surface area contributed by atoms with Crippen LogP contribution in [-0.2, 0) is 16.6 Å². The predicted molar refractivity (Wildman–Crippen MR) is 84.8 cm³/mol. The third-order valence-electron chi connectivity index (χ3n) is 4.13. The Morgan fingerprint density at radius 3 is 2.57 bits per heavy atom. The second kappa shape index (κ2) is 5.85. The molecule has 5 nitrogen and oxygen atoms in total. The number of piperazine rings is 1. The summed E-state index contributed by atoms with van der Waals surface area (Å²) in [5.74, 6) is 0. The Labute approximate surface area is 131 Å². The molecule has 0 saturated carbocycles.